The number of halogens is 2. The maximum atomic E-state index is 12.6. The molecule has 7 heteroatoms. The number of hydrogen-bond acceptors (Lipinski definition) is 4. The Morgan fingerprint density at radius 2 is 2.05 bits per heavy atom. The minimum atomic E-state index is -2.61. The average molecular weight is 296 g/mol. The van der Waals surface area contributed by atoms with Crippen LogP contribution in [0, 0.1) is 0 Å². The molecule has 0 aliphatic carbocycles. The number of carbonyl (C=O) groups is 1. The number of alkyl halides is 2. The molecule has 2 N–H and O–H groups in total. The van der Waals surface area contributed by atoms with E-state index in [2.05, 4.69) is 4.98 Å². The molecule has 112 valence electrons. The number of carboxylic acids is 1. The summed E-state index contributed by atoms with van der Waals surface area (Å²) < 4.78 is 25.2. The summed E-state index contributed by atoms with van der Waals surface area (Å²) in [5.41, 5.74) is 0.400. The van der Waals surface area contributed by atoms with Crippen LogP contribution in [0.5, 0.6) is 0 Å². The molecule has 0 aliphatic rings. The van der Waals surface area contributed by atoms with Gasteiger partial charge in [-0.05, 0) is 12.1 Å². The largest absolute Gasteiger partial charge is 0.478 e. The summed E-state index contributed by atoms with van der Waals surface area (Å²) >= 11 is 0. The summed E-state index contributed by atoms with van der Waals surface area (Å²) in [6.07, 6.45) is -2.61. The highest BCUT2D eigenvalue weighted by molar-refractivity contribution is 6.03. The van der Waals surface area contributed by atoms with E-state index in [9.17, 15) is 18.7 Å². The van der Waals surface area contributed by atoms with Crippen LogP contribution in [0.15, 0.2) is 30.3 Å². The summed E-state index contributed by atoms with van der Waals surface area (Å²) in [6.45, 7) is -0.997. The molecule has 5 nitrogen and oxygen atoms in total. The van der Waals surface area contributed by atoms with Crippen molar-refractivity contribution in [2.24, 2.45) is 0 Å². The third-order valence-electron chi connectivity index (χ3n) is 2.99. The van der Waals surface area contributed by atoms with Gasteiger partial charge in [-0.25, -0.2) is 18.6 Å². The molecule has 0 radical (unpaired) electrons. The fourth-order valence-corrected chi connectivity index (χ4v) is 2.09. The van der Waals surface area contributed by atoms with Gasteiger partial charge in [-0.2, -0.15) is 0 Å². The van der Waals surface area contributed by atoms with Gasteiger partial charge < -0.3 is 15.1 Å². The number of carboxylic acid groups (broad SMARTS) is 1. The first kappa shape index (κ1) is 15.1. The quantitative estimate of drug-likeness (QED) is 0.853. The van der Waals surface area contributed by atoms with Crippen molar-refractivity contribution in [3.63, 3.8) is 0 Å². The number of aliphatic hydroxyl groups is 1. The van der Waals surface area contributed by atoms with Crippen LogP contribution in [-0.4, -0.2) is 47.3 Å². The third kappa shape index (κ3) is 3.43. The van der Waals surface area contributed by atoms with Crippen molar-refractivity contribution in [2.75, 3.05) is 24.6 Å². The van der Waals surface area contributed by atoms with Crippen LogP contribution in [0.4, 0.5) is 14.6 Å². The second kappa shape index (κ2) is 6.45. The zero-order chi connectivity index (χ0) is 15.4. The highest BCUT2D eigenvalue weighted by atomic mass is 19.3. The molecule has 0 saturated carbocycles. The predicted molar refractivity (Wildman–Crippen MR) is 74.0 cm³/mol. The Morgan fingerprint density at radius 3 is 2.67 bits per heavy atom. The van der Waals surface area contributed by atoms with E-state index >= 15 is 0 Å². The normalized spacial score (nSPS) is 11.0. The predicted octanol–water partition coefficient (Wildman–Crippen LogP) is 2.00. The van der Waals surface area contributed by atoms with Crippen LogP contribution in [0.3, 0.4) is 0 Å². The molecular weight excluding hydrogens is 282 g/mol. The maximum absolute atomic E-state index is 12.6. The van der Waals surface area contributed by atoms with Crippen molar-refractivity contribution in [2.45, 2.75) is 6.43 Å². The topological polar surface area (TPSA) is 73.7 Å². The highest BCUT2D eigenvalue weighted by Gasteiger charge is 2.18. The molecule has 0 fully saturated rings. The smallest absolute Gasteiger partial charge is 0.336 e. The van der Waals surface area contributed by atoms with Gasteiger partial charge >= 0.3 is 5.97 Å². The Morgan fingerprint density at radius 1 is 1.33 bits per heavy atom. The fraction of sp³-hybridized carbons (Fsp3) is 0.286. The number of rotatable bonds is 6. The molecule has 0 saturated heterocycles. The van der Waals surface area contributed by atoms with E-state index in [1.807, 2.05) is 0 Å². The van der Waals surface area contributed by atoms with Crippen molar-refractivity contribution in [1.82, 2.24) is 4.98 Å². The van der Waals surface area contributed by atoms with Gasteiger partial charge in [-0.3, -0.25) is 0 Å². The van der Waals surface area contributed by atoms with Crippen LogP contribution in [0.2, 0.25) is 0 Å². The Labute approximate surface area is 119 Å². The zero-order valence-electron chi connectivity index (χ0n) is 11.0. The molecule has 0 spiro atoms. The van der Waals surface area contributed by atoms with Crippen molar-refractivity contribution >= 4 is 22.7 Å². The second-order valence-corrected chi connectivity index (χ2v) is 4.41. The molecule has 2 aromatic rings. The molecular formula is C14H14F2N2O3. The van der Waals surface area contributed by atoms with E-state index < -0.39 is 18.9 Å². The Hall–Kier alpha value is -2.28. The molecule has 0 atom stereocenters. The number of aliphatic hydroxyl groups excluding tert-OH is 1. The van der Waals surface area contributed by atoms with Crippen molar-refractivity contribution in [3.05, 3.63) is 35.9 Å². The van der Waals surface area contributed by atoms with Crippen LogP contribution < -0.4 is 4.90 Å². The van der Waals surface area contributed by atoms with Crippen LogP contribution in [0.25, 0.3) is 10.9 Å². The van der Waals surface area contributed by atoms with Crippen LogP contribution in [0.1, 0.15) is 10.4 Å². The molecule has 21 heavy (non-hydrogen) atoms. The van der Waals surface area contributed by atoms with E-state index in [1.165, 1.54) is 11.0 Å². The summed E-state index contributed by atoms with van der Waals surface area (Å²) in [5, 5.41) is 18.7. The van der Waals surface area contributed by atoms with Crippen molar-refractivity contribution < 1.29 is 23.8 Å². The first-order valence-electron chi connectivity index (χ1n) is 6.30. The number of fused-ring (bicyclic) bond motifs is 1. The van der Waals surface area contributed by atoms with Crippen molar-refractivity contribution in [1.29, 1.82) is 0 Å². The molecule has 0 amide bonds. The summed E-state index contributed by atoms with van der Waals surface area (Å²) in [6, 6.07) is 7.85. The average Bonchev–Trinajstić information content (AvgIpc) is 2.45. The fourth-order valence-electron chi connectivity index (χ4n) is 2.09. The molecule has 0 aliphatic heterocycles. The zero-order valence-corrected chi connectivity index (χ0v) is 11.0. The molecule has 2 rings (SSSR count). The van der Waals surface area contributed by atoms with E-state index in [0.717, 1.165) is 0 Å². The number of hydrogen-bond donors (Lipinski definition) is 2. The number of aromatic carboxylic acids is 1. The SMILES string of the molecule is O=C(O)c1cc(N(CCO)CC(F)F)nc2ccccc12. The third-order valence-corrected chi connectivity index (χ3v) is 2.99. The van der Waals surface area contributed by atoms with Gasteiger partial charge in [0.2, 0.25) is 0 Å². The second-order valence-electron chi connectivity index (χ2n) is 4.41. The number of anilines is 1. The number of para-hydroxylation sites is 1. The van der Waals surface area contributed by atoms with E-state index in [0.29, 0.717) is 10.9 Å². The summed E-state index contributed by atoms with van der Waals surface area (Å²) in [4.78, 5) is 16.7. The number of nitrogens with zero attached hydrogens (tertiary/aromatic N) is 2. The first-order chi connectivity index (χ1) is 10.0. The van der Waals surface area contributed by atoms with Gasteiger partial charge in [-0.15, -0.1) is 0 Å². The number of pyridine rings is 1. The minimum Gasteiger partial charge on any atom is -0.478 e. The van der Waals surface area contributed by atoms with Gasteiger partial charge in [0.25, 0.3) is 6.43 Å². The lowest BCUT2D eigenvalue weighted by Crippen LogP contribution is -2.32. The molecule has 1 aromatic carbocycles. The molecule has 1 aromatic heterocycles. The van der Waals surface area contributed by atoms with Gasteiger partial charge in [0.05, 0.1) is 24.2 Å². The Balaban J connectivity index is 2.54. The number of aromatic nitrogens is 1. The van der Waals surface area contributed by atoms with E-state index in [1.54, 1.807) is 24.3 Å². The van der Waals surface area contributed by atoms with Crippen LogP contribution >= 0.6 is 0 Å². The molecule has 0 bridgehead atoms. The lowest BCUT2D eigenvalue weighted by Gasteiger charge is -2.23. The standard InChI is InChI=1S/C14H14F2N2O3/c15-12(16)8-18(5-6-19)13-7-10(14(20)21)9-3-1-2-4-11(9)17-13/h1-4,7,12,19H,5-6,8H2,(H,20,21). The van der Waals surface area contributed by atoms with E-state index in [4.69, 9.17) is 5.11 Å². The molecule has 1 heterocycles. The Bertz CT molecular complexity index is 649. The number of benzene rings is 1. The van der Waals surface area contributed by atoms with Gasteiger partial charge in [-0.1, -0.05) is 18.2 Å². The monoisotopic (exact) mass is 296 g/mol. The van der Waals surface area contributed by atoms with Gasteiger partial charge in [0.15, 0.2) is 0 Å². The lowest BCUT2D eigenvalue weighted by atomic mass is 10.1. The summed E-state index contributed by atoms with van der Waals surface area (Å²) in [5.74, 6) is -1.05. The molecule has 0 unspecified atom stereocenters. The van der Waals surface area contributed by atoms with Gasteiger partial charge in [0, 0.05) is 11.9 Å². The first-order valence-corrected chi connectivity index (χ1v) is 6.30. The van der Waals surface area contributed by atoms with E-state index in [-0.39, 0.29) is 24.5 Å². The van der Waals surface area contributed by atoms with Crippen LogP contribution in [-0.2, 0) is 0 Å². The minimum absolute atomic E-state index is 0.00666. The lowest BCUT2D eigenvalue weighted by molar-refractivity contribution is 0.0699. The van der Waals surface area contributed by atoms with Crippen molar-refractivity contribution in [3.8, 4) is 0 Å². The highest BCUT2D eigenvalue weighted by Crippen LogP contribution is 2.23. The van der Waals surface area contributed by atoms with Gasteiger partial charge in [0.1, 0.15) is 5.82 Å². The Kier molecular flexibility index (Phi) is 4.64. The maximum Gasteiger partial charge on any atom is 0.336 e. The summed E-state index contributed by atoms with van der Waals surface area (Å²) in [7, 11) is 0.